The predicted octanol–water partition coefficient (Wildman–Crippen LogP) is 3.24. The molecule has 2 rings (SSSR count). The zero-order valence-electron chi connectivity index (χ0n) is 16.5. The Bertz CT molecular complexity index is 771. The van der Waals surface area contributed by atoms with Crippen LogP contribution >= 0.6 is 0 Å². The minimum Gasteiger partial charge on any atom is -0.493 e. The van der Waals surface area contributed by atoms with E-state index in [9.17, 15) is 9.59 Å². The quantitative estimate of drug-likeness (QED) is 0.554. The largest absolute Gasteiger partial charge is 0.493 e. The maximum absolute atomic E-state index is 12.7. The topological polar surface area (TPSA) is 87.9 Å². The highest BCUT2D eigenvalue weighted by molar-refractivity contribution is 6.04. The third-order valence-corrected chi connectivity index (χ3v) is 3.85. The Balaban J connectivity index is 2.07. The van der Waals surface area contributed by atoms with Gasteiger partial charge in [-0.1, -0.05) is 48.5 Å². The van der Waals surface area contributed by atoms with Crippen LogP contribution in [0.5, 0.6) is 5.75 Å². The summed E-state index contributed by atoms with van der Waals surface area (Å²) in [5.41, 5.74) is 4.23. The minimum atomic E-state index is -1.96. The lowest BCUT2D eigenvalue weighted by Gasteiger charge is -2.29. The summed E-state index contributed by atoms with van der Waals surface area (Å²) in [6.07, 6.45) is -0.0789. The highest BCUT2D eigenvalue weighted by Crippen LogP contribution is 2.19. The first kappa shape index (κ1) is 21.4. The first-order chi connectivity index (χ1) is 13.2. The van der Waals surface area contributed by atoms with Gasteiger partial charge in [0.1, 0.15) is 18.0 Å². The van der Waals surface area contributed by atoms with Gasteiger partial charge in [-0.3, -0.25) is 0 Å². The Morgan fingerprint density at radius 2 is 1.46 bits per heavy atom. The van der Waals surface area contributed by atoms with E-state index in [-0.39, 0.29) is 19.6 Å². The molecule has 0 bridgehead atoms. The van der Waals surface area contributed by atoms with Crippen LogP contribution < -0.4 is 10.5 Å². The van der Waals surface area contributed by atoms with Crippen LogP contribution in [0.3, 0.4) is 0 Å². The molecule has 28 heavy (non-hydrogen) atoms. The van der Waals surface area contributed by atoms with Crippen LogP contribution in [-0.4, -0.2) is 29.7 Å². The molecule has 0 aliphatic rings. The molecule has 0 aliphatic carbocycles. The third kappa shape index (κ3) is 6.39. The van der Waals surface area contributed by atoms with E-state index in [1.165, 1.54) is 0 Å². The van der Waals surface area contributed by atoms with E-state index in [2.05, 4.69) is 0 Å². The number of rotatable bonds is 8. The maximum atomic E-state index is 12.7. The van der Waals surface area contributed by atoms with E-state index >= 15 is 0 Å². The molecule has 0 heterocycles. The van der Waals surface area contributed by atoms with E-state index in [0.717, 1.165) is 5.56 Å². The molecule has 0 unspecified atom stereocenters. The van der Waals surface area contributed by atoms with Gasteiger partial charge in [-0.2, -0.15) is 0 Å². The monoisotopic (exact) mass is 385 g/mol. The summed E-state index contributed by atoms with van der Waals surface area (Å²) in [7, 11) is 0. The molecular formula is C22H27NO5. The fourth-order valence-corrected chi connectivity index (χ4v) is 2.36. The van der Waals surface area contributed by atoms with Crippen LogP contribution in [0.1, 0.15) is 32.8 Å². The Hall–Kier alpha value is -2.86. The maximum Gasteiger partial charge on any atom is 0.338 e. The van der Waals surface area contributed by atoms with E-state index in [1.54, 1.807) is 32.9 Å². The van der Waals surface area contributed by atoms with Gasteiger partial charge < -0.3 is 19.9 Å². The van der Waals surface area contributed by atoms with Crippen molar-refractivity contribution in [2.45, 2.75) is 44.9 Å². The van der Waals surface area contributed by atoms with E-state index < -0.39 is 23.1 Å². The summed E-state index contributed by atoms with van der Waals surface area (Å²) >= 11 is 0. The van der Waals surface area contributed by atoms with Crippen molar-refractivity contribution in [2.24, 2.45) is 5.73 Å². The van der Waals surface area contributed by atoms with Crippen molar-refractivity contribution in [3.8, 4) is 5.75 Å². The highest BCUT2D eigenvalue weighted by Gasteiger charge is 2.46. The lowest BCUT2D eigenvalue weighted by molar-refractivity contribution is -0.173. The molecule has 6 heteroatoms. The van der Waals surface area contributed by atoms with Gasteiger partial charge in [-0.05, 0) is 38.5 Å². The summed E-state index contributed by atoms with van der Waals surface area (Å²) in [6, 6.07) is 18.2. The first-order valence-electron chi connectivity index (χ1n) is 9.12. The number of carbonyl (C=O) groups is 2. The van der Waals surface area contributed by atoms with Crippen LogP contribution in [0.25, 0.3) is 0 Å². The van der Waals surface area contributed by atoms with E-state index in [4.69, 9.17) is 19.9 Å². The summed E-state index contributed by atoms with van der Waals surface area (Å²) < 4.78 is 16.3. The molecule has 2 aromatic rings. The van der Waals surface area contributed by atoms with Crippen LogP contribution in [0, 0.1) is 0 Å². The standard InChI is InChI=1S/C22H27NO5/c1-21(2,3)28-20(25)22(23,14-15-26-18-12-8-5-9-13-18)19(24)27-16-17-10-6-4-7-11-17/h4-13H,14-16,23H2,1-3H3/t22-/m0/s1. The van der Waals surface area contributed by atoms with Gasteiger partial charge in [0.2, 0.25) is 5.54 Å². The molecular weight excluding hydrogens is 358 g/mol. The number of hydrogen-bond acceptors (Lipinski definition) is 6. The number of para-hydroxylation sites is 1. The molecule has 2 N–H and O–H groups in total. The number of benzene rings is 2. The third-order valence-electron chi connectivity index (χ3n) is 3.85. The number of hydrogen-bond donors (Lipinski definition) is 1. The smallest absolute Gasteiger partial charge is 0.338 e. The van der Waals surface area contributed by atoms with Crippen molar-refractivity contribution in [1.29, 1.82) is 0 Å². The molecule has 0 aromatic heterocycles. The molecule has 1 atom stereocenters. The Kier molecular flexibility index (Phi) is 7.18. The highest BCUT2D eigenvalue weighted by atomic mass is 16.6. The molecule has 0 aliphatic heterocycles. The van der Waals surface area contributed by atoms with E-state index in [0.29, 0.717) is 5.75 Å². The van der Waals surface area contributed by atoms with Gasteiger partial charge in [0.25, 0.3) is 0 Å². The Morgan fingerprint density at radius 3 is 2.04 bits per heavy atom. The van der Waals surface area contributed by atoms with Gasteiger partial charge in [0, 0.05) is 6.42 Å². The van der Waals surface area contributed by atoms with Gasteiger partial charge >= 0.3 is 11.9 Å². The minimum absolute atomic E-state index is 0.0148. The molecule has 0 amide bonds. The lowest BCUT2D eigenvalue weighted by Crippen LogP contribution is -2.58. The fraction of sp³-hybridized carbons (Fsp3) is 0.364. The van der Waals surface area contributed by atoms with Crippen LogP contribution in [0.4, 0.5) is 0 Å². The average molecular weight is 385 g/mol. The van der Waals surface area contributed by atoms with E-state index in [1.807, 2.05) is 48.5 Å². The average Bonchev–Trinajstić information content (AvgIpc) is 2.66. The molecule has 0 saturated heterocycles. The number of ether oxygens (including phenoxy) is 3. The van der Waals surface area contributed by atoms with Crippen molar-refractivity contribution in [3.05, 3.63) is 66.2 Å². The first-order valence-corrected chi connectivity index (χ1v) is 9.12. The summed E-state index contributed by atoms with van der Waals surface area (Å²) in [6.45, 7) is 5.20. The van der Waals surface area contributed by atoms with Gasteiger partial charge in [-0.15, -0.1) is 0 Å². The van der Waals surface area contributed by atoms with Gasteiger partial charge in [0.15, 0.2) is 0 Å². The van der Waals surface area contributed by atoms with Crippen molar-refractivity contribution in [1.82, 2.24) is 0 Å². The Morgan fingerprint density at radius 1 is 0.893 bits per heavy atom. The van der Waals surface area contributed by atoms with Crippen molar-refractivity contribution in [2.75, 3.05) is 6.61 Å². The molecule has 0 radical (unpaired) electrons. The molecule has 2 aromatic carbocycles. The molecule has 150 valence electrons. The lowest BCUT2D eigenvalue weighted by atomic mass is 9.96. The second-order valence-corrected chi connectivity index (χ2v) is 7.45. The fourth-order valence-electron chi connectivity index (χ4n) is 2.36. The molecule has 0 spiro atoms. The van der Waals surface area contributed by atoms with Crippen molar-refractivity contribution < 1.29 is 23.8 Å². The van der Waals surface area contributed by atoms with Crippen LogP contribution in [0.2, 0.25) is 0 Å². The molecule has 0 saturated carbocycles. The second-order valence-electron chi connectivity index (χ2n) is 7.45. The summed E-state index contributed by atoms with van der Waals surface area (Å²) in [4.78, 5) is 25.4. The normalized spacial score (nSPS) is 13.3. The Labute approximate surface area is 165 Å². The summed E-state index contributed by atoms with van der Waals surface area (Å²) in [5, 5.41) is 0. The van der Waals surface area contributed by atoms with Crippen LogP contribution in [-0.2, 0) is 25.7 Å². The van der Waals surface area contributed by atoms with Crippen molar-refractivity contribution in [3.63, 3.8) is 0 Å². The molecule has 0 fully saturated rings. The summed E-state index contributed by atoms with van der Waals surface area (Å²) in [5.74, 6) is -1.07. The van der Waals surface area contributed by atoms with Gasteiger partial charge in [-0.25, -0.2) is 9.59 Å². The zero-order chi connectivity index (χ0) is 20.6. The number of nitrogens with two attached hydrogens (primary N) is 1. The zero-order valence-corrected chi connectivity index (χ0v) is 16.5. The molecule has 6 nitrogen and oxygen atoms in total. The second kappa shape index (κ2) is 9.37. The number of carbonyl (C=O) groups excluding carboxylic acids is 2. The van der Waals surface area contributed by atoms with Gasteiger partial charge in [0.05, 0.1) is 6.61 Å². The number of esters is 2. The predicted molar refractivity (Wildman–Crippen MR) is 106 cm³/mol. The van der Waals surface area contributed by atoms with Crippen LogP contribution in [0.15, 0.2) is 60.7 Å². The SMILES string of the molecule is CC(C)(C)OC(=O)[C@](N)(CCOc1ccccc1)C(=O)OCc1ccccc1. The van der Waals surface area contributed by atoms with Crippen molar-refractivity contribution >= 4 is 11.9 Å².